The van der Waals surface area contributed by atoms with E-state index in [9.17, 15) is 10.1 Å². The Balaban J connectivity index is 1.96. The van der Waals surface area contributed by atoms with Crippen molar-refractivity contribution in [1.29, 1.82) is 5.26 Å². The van der Waals surface area contributed by atoms with Crippen LogP contribution in [0.15, 0.2) is 48.0 Å². The topological polar surface area (TPSA) is 98.0 Å². The van der Waals surface area contributed by atoms with E-state index < -0.39 is 5.97 Å². The maximum Gasteiger partial charge on any atom is 0.330 e. The molecule has 2 aromatic carbocycles. The van der Waals surface area contributed by atoms with Crippen molar-refractivity contribution in [3.8, 4) is 29.1 Å². The van der Waals surface area contributed by atoms with Crippen molar-refractivity contribution in [2.24, 2.45) is 0 Å². The number of methoxy groups -OCH3 is 3. The molecule has 0 atom stereocenters. The van der Waals surface area contributed by atoms with E-state index in [1.54, 1.807) is 52.5 Å². The highest BCUT2D eigenvalue weighted by Crippen LogP contribution is 2.33. The average molecular weight is 480 g/mol. The molecule has 0 aliphatic rings. The SMILES string of the molecule is COc1ccc(C(C#N)=Cc2ccc(OCCCCCCC=C(C)C(=O)O)c(OC)c2)cc1OC. The number of carboxylic acid groups (broad SMARTS) is 1. The fourth-order valence-corrected chi connectivity index (χ4v) is 3.43. The molecule has 35 heavy (non-hydrogen) atoms. The van der Waals surface area contributed by atoms with Gasteiger partial charge in [-0.15, -0.1) is 0 Å². The smallest absolute Gasteiger partial charge is 0.330 e. The first-order valence-corrected chi connectivity index (χ1v) is 11.5. The van der Waals surface area contributed by atoms with E-state index in [-0.39, 0.29) is 0 Å². The molecule has 0 aromatic heterocycles. The zero-order valence-electron chi connectivity index (χ0n) is 20.8. The molecule has 0 spiro atoms. The molecule has 1 N–H and O–H groups in total. The monoisotopic (exact) mass is 479 g/mol. The summed E-state index contributed by atoms with van der Waals surface area (Å²) in [6.07, 6.45) is 8.19. The number of nitrogens with zero attached hydrogens (tertiary/aromatic N) is 1. The van der Waals surface area contributed by atoms with Crippen molar-refractivity contribution in [2.75, 3.05) is 27.9 Å². The van der Waals surface area contributed by atoms with Gasteiger partial charge in [0.05, 0.1) is 39.6 Å². The Hall–Kier alpha value is -3.92. The van der Waals surface area contributed by atoms with Crippen molar-refractivity contribution in [3.05, 3.63) is 59.2 Å². The summed E-state index contributed by atoms with van der Waals surface area (Å²) in [6, 6.07) is 13.2. The Morgan fingerprint density at radius 1 is 0.914 bits per heavy atom. The van der Waals surface area contributed by atoms with Crippen LogP contribution in [0.25, 0.3) is 11.6 Å². The van der Waals surface area contributed by atoms with E-state index in [2.05, 4.69) is 6.07 Å². The maximum atomic E-state index is 10.8. The number of allylic oxidation sites excluding steroid dienone is 2. The molecule has 0 unspecified atom stereocenters. The summed E-state index contributed by atoms with van der Waals surface area (Å²) in [5.41, 5.74) is 2.41. The summed E-state index contributed by atoms with van der Waals surface area (Å²) < 4.78 is 22.0. The summed E-state index contributed by atoms with van der Waals surface area (Å²) in [7, 11) is 4.71. The number of hydrogen-bond acceptors (Lipinski definition) is 6. The van der Waals surface area contributed by atoms with Gasteiger partial charge in [0, 0.05) is 5.57 Å². The predicted octanol–water partition coefficient (Wildman–Crippen LogP) is 6.14. The van der Waals surface area contributed by atoms with E-state index >= 15 is 0 Å². The van der Waals surface area contributed by atoms with Crippen LogP contribution in [-0.4, -0.2) is 39.0 Å². The van der Waals surface area contributed by atoms with Gasteiger partial charge in [-0.2, -0.15) is 5.26 Å². The number of rotatable bonds is 14. The molecule has 0 saturated carbocycles. The van der Waals surface area contributed by atoms with Crippen LogP contribution in [0.3, 0.4) is 0 Å². The largest absolute Gasteiger partial charge is 0.493 e. The second-order valence-electron chi connectivity index (χ2n) is 7.89. The first kappa shape index (κ1) is 27.3. The Kier molecular flexibility index (Phi) is 11.2. The van der Waals surface area contributed by atoms with Gasteiger partial charge in [0.25, 0.3) is 0 Å². The second kappa shape index (κ2) is 14.4. The predicted molar refractivity (Wildman–Crippen MR) is 136 cm³/mol. The molecule has 0 saturated heterocycles. The number of unbranched alkanes of at least 4 members (excludes halogenated alkanes) is 4. The summed E-state index contributed by atoms with van der Waals surface area (Å²) in [4.78, 5) is 10.8. The molecule has 0 amide bonds. The van der Waals surface area contributed by atoms with Crippen LogP contribution in [0.5, 0.6) is 23.0 Å². The standard InChI is InChI=1S/C28H33NO6/c1-20(28(30)31)10-8-6-5-7-9-15-35-25-13-11-21(17-26(25)33-3)16-23(19-29)22-12-14-24(32-2)27(18-22)34-4/h10-14,16-18H,5-9,15H2,1-4H3,(H,30,31). The molecule has 7 heteroatoms. The molecule has 0 aliphatic heterocycles. The van der Waals surface area contributed by atoms with Gasteiger partial charge in [0.2, 0.25) is 0 Å². The number of aliphatic carboxylic acids is 1. The molecule has 2 aromatic rings. The number of ether oxygens (including phenoxy) is 4. The van der Waals surface area contributed by atoms with Crippen LogP contribution in [0.1, 0.15) is 50.2 Å². The van der Waals surface area contributed by atoms with Crippen LogP contribution in [0.4, 0.5) is 0 Å². The van der Waals surface area contributed by atoms with Gasteiger partial charge in [-0.25, -0.2) is 4.79 Å². The second-order valence-corrected chi connectivity index (χ2v) is 7.89. The number of hydrogen-bond donors (Lipinski definition) is 1. The Morgan fingerprint density at radius 3 is 2.23 bits per heavy atom. The van der Waals surface area contributed by atoms with Crippen LogP contribution >= 0.6 is 0 Å². The lowest BCUT2D eigenvalue weighted by Gasteiger charge is -2.12. The third-order valence-electron chi connectivity index (χ3n) is 5.46. The van der Waals surface area contributed by atoms with Crippen LogP contribution in [-0.2, 0) is 4.79 Å². The van der Waals surface area contributed by atoms with Gasteiger partial charge in [0.15, 0.2) is 23.0 Å². The Labute approximate surface area is 207 Å². The third kappa shape index (κ3) is 8.42. The van der Waals surface area contributed by atoms with Crippen molar-refractivity contribution < 1.29 is 28.8 Å². The molecule has 0 bridgehead atoms. The van der Waals surface area contributed by atoms with Crippen molar-refractivity contribution in [2.45, 2.75) is 39.0 Å². The molecular formula is C28H33NO6. The van der Waals surface area contributed by atoms with Gasteiger partial charge in [-0.1, -0.05) is 25.0 Å². The highest BCUT2D eigenvalue weighted by atomic mass is 16.5. The van der Waals surface area contributed by atoms with E-state index in [0.717, 1.165) is 43.2 Å². The van der Waals surface area contributed by atoms with Crippen molar-refractivity contribution in [3.63, 3.8) is 0 Å². The van der Waals surface area contributed by atoms with Gasteiger partial charge < -0.3 is 24.1 Å². The first-order chi connectivity index (χ1) is 16.9. The summed E-state index contributed by atoms with van der Waals surface area (Å²) in [6.45, 7) is 2.17. The van der Waals surface area contributed by atoms with Crippen molar-refractivity contribution >= 4 is 17.6 Å². The first-order valence-electron chi connectivity index (χ1n) is 11.5. The quantitative estimate of drug-likeness (QED) is 0.150. The van der Waals surface area contributed by atoms with Crippen LogP contribution < -0.4 is 18.9 Å². The highest BCUT2D eigenvalue weighted by molar-refractivity contribution is 5.90. The molecular weight excluding hydrogens is 446 g/mol. The Bertz CT molecular complexity index is 1100. The normalized spacial score (nSPS) is 11.5. The van der Waals surface area contributed by atoms with Crippen LogP contribution in [0.2, 0.25) is 0 Å². The van der Waals surface area contributed by atoms with Gasteiger partial charge in [-0.3, -0.25) is 0 Å². The number of nitriles is 1. The minimum atomic E-state index is -0.862. The summed E-state index contributed by atoms with van der Waals surface area (Å²) in [5, 5.41) is 18.6. The zero-order valence-corrected chi connectivity index (χ0v) is 20.8. The molecule has 0 radical (unpaired) electrons. The Morgan fingerprint density at radius 2 is 1.57 bits per heavy atom. The lowest BCUT2D eigenvalue weighted by Crippen LogP contribution is -2.00. The summed E-state index contributed by atoms with van der Waals surface area (Å²) >= 11 is 0. The fourth-order valence-electron chi connectivity index (χ4n) is 3.43. The fraction of sp³-hybridized carbons (Fsp3) is 0.357. The van der Waals surface area contributed by atoms with Gasteiger partial charge >= 0.3 is 5.97 Å². The molecule has 186 valence electrons. The highest BCUT2D eigenvalue weighted by Gasteiger charge is 2.10. The lowest BCUT2D eigenvalue weighted by molar-refractivity contribution is -0.132. The third-order valence-corrected chi connectivity index (χ3v) is 5.46. The molecule has 0 aliphatic carbocycles. The van der Waals surface area contributed by atoms with Gasteiger partial charge in [0.1, 0.15) is 0 Å². The average Bonchev–Trinajstić information content (AvgIpc) is 2.88. The number of carboxylic acids is 1. The maximum absolute atomic E-state index is 10.8. The zero-order chi connectivity index (χ0) is 25.6. The minimum absolute atomic E-state index is 0.393. The molecule has 7 nitrogen and oxygen atoms in total. The van der Waals surface area contributed by atoms with E-state index in [1.807, 2.05) is 24.3 Å². The van der Waals surface area contributed by atoms with Crippen LogP contribution in [0, 0.1) is 11.3 Å². The lowest BCUT2D eigenvalue weighted by atomic mass is 10.0. The molecule has 2 rings (SSSR count). The van der Waals surface area contributed by atoms with E-state index in [4.69, 9.17) is 24.1 Å². The minimum Gasteiger partial charge on any atom is -0.493 e. The number of carbonyl (C=O) groups is 1. The van der Waals surface area contributed by atoms with E-state index in [0.29, 0.717) is 40.8 Å². The molecule has 0 heterocycles. The van der Waals surface area contributed by atoms with E-state index in [1.165, 1.54) is 0 Å². The number of benzene rings is 2. The summed E-state index contributed by atoms with van der Waals surface area (Å²) in [5.74, 6) is 1.53. The van der Waals surface area contributed by atoms with Gasteiger partial charge in [-0.05, 0) is 73.7 Å². The molecule has 0 fully saturated rings. The van der Waals surface area contributed by atoms with Crippen molar-refractivity contribution in [1.82, 2.24) is 0 Å².